The predicted molar refractivity (Wildman–Crippen MR) is 35.2 cm³/mol. The van der Waals surface area contributed by atoms with Crippen LogP contribution in [0.2, 0.25) is 0 Å². The van der Waals surface area contributed by atoms with Crippen molar-refractivity contribution in [1.82, 2.24) is 0 Å². The Balaban J connectivity index is 3.39. The zero-order chi connectivity index (χ0) is 7.49. The molecular formula is C2H2Cl3O3S-. The minimum Gasteiger partial charge on any atom is -0.750 e. The average molecular weight is 212 g/mol. The lowest BCUT2D eigenvalue weighted by atomic mass is 10.9. The Labute approximate surface area is 69.7 Å². The zero-order valence-electron chi connectivity index (χ0n) is 3.97. The summed E-state index contributed by atoms with van der Waals surface area (Å²) in [5, 5.41) is 0. The van der Waals surface area contributed by atoms with Gasteiger partial charge in [-0.2, -0.15) is 0 Å². The van der Waals surface area contributed by atoms with Crippen molar-refractivity contribution in [2.75, 3.05) is 6.61 Å². The van der Waals surface area contributed by atoms with Gasteiger partial charge in [0.05, 0.1) is 11.4 Å². The van der Waals surface area contributed by atoms with Gasteiger partial charge in [-0.3, -0.25) is 4.18 Å². The van der Waals surface area contributed by atoms with Crippen LogP contribution in [-0.2, 0) is 15.5 Å². The summed E-state index contributed by atoms with van der Waals surface area (Å²) >= 11 is 12.7. The molecule has 7 heteroatoms. The molecule has 0 aromatic heterocycles. The molecule has 0 saturated heterocycles. The molecule has 0 saturated carbocycles. The molecule has 0 aromatic carbocycles. The quantitative estimate of drug-likeness (QED) is 0.510. The highest BCUT2D eigenvalue weighted by Gasteiger charge is 2.19. The van der Waals surface area contributed by atoms with Crippen molar-refractivity contribution in [2.24, 2.45) is 0 Å². The van der Waals surface area contributed by atoms with Crippen LogP contribution >= 0.6 is 34.8 Å². The summed E-state index contributed by atoms with van der Waals surface area (Å²) in [5.41, 5.74) is 0. The highest BCUT2D eigenvalue weighted by molar-refractivity contribution is 7.74. The maximum atomic E-state index is 9.65. The molecule has 0 fully saturated rings. The first-order chi connectivity index (χ1) is 3.92. The second-order valence-electron chi connectivity index (χ2n) is 1.08. The van der Waals surface area contributed by atoms with Crippen molar-refractivity contribution in [1.29, 1.82) is 0 Å². The Morgan fingerprint density at radius 2 is 2.00 bits per heavy atom. The first kappa shape index (κ1) is 9.94. The summed E-state index contributed by atoms with van der Waals surface area (Å²) in [5.74, 6) is 0. The lowest BCUT2D eigenvalue weighted by Gasteiger charge is -2.11. The average Bonchev–Trinajstić information content (AvgIpc) is 1.59. The van der Waals surface area contributed by atoms with Crippen LogP contribution in [-0.4, -0.2) is 19.2 Å². The molecule has 56 valence electrons. The van der Waals surface area contributed by atoms with Gasteiger partial charge in [-0.1, -0.05) is 34.8 Å². The molecule has 0 aliphatic rings. The first-order valence-electron chi connectivity index (χ1n) is 1.71. The van der Waals surface area contributed by atoms with Crippen LogP contribution < -0.4 is 0 Å². The summed E-state index contributed by atoms with van der Waals surface area (Å²) in [7, 11) is 0. The Kier molecular flexibility index (Phi) is 4.37. The summed E-state index contributed by atoms with van der Waals surface area (Å²) < 4.78 is 21.6. The van der Waals surface area contributed by atoms with E-state index in [1.54, 1.807) is 0 Å². The molecule has 0 spiro atoms. The van der Waals surface area contributed by atoms with E-state index in [1.807, 2.05) is 0 Å². The Morgan fingerprint density at radius 1 is 1.56 bits per heavy atom. The normalized spacial score (nSPS) is 15.6. The number of hydrogen-bond acceptors (Lipinski definition) is 3. The molecule has 1 unspecified atom stereocenters. The van der Waals surface area contributed by atoms with E-state index >= 15 is 0 Å². The summed E-state index contributed by atoms with van der Waals surface area (Å²) in [4.78, 5) is 0. The van der Waals surface area contributed by atoms with Crippen molar-refractivity contribution >= 4 is 46.2 Å². The van der Waals surface area contributed by atoms with Gasteiger partial charge in [0.1, 0.15) is 6.61 Å². The molecule has 1 atom stereocenters. The molecule has 0 aromatic rings. The summed E-state index contributed by atoms with van der Waals surface area (Å²) in [6.45, 7) is -0.465. The SMILES string of the molecule is O=S([O-])OCC(Cl)(Cl)Cl. The minimum absolute atomic E-state index is 0.465. The van der Waals surface area contributed by atoms with Crippen LogP contribution in [0.3, 0.4) is 0 Å². The van der Waals surface area contributed by atoms with Crippen LogP contribution in [0.25, 0.3) is 0 Å². The molecule has 9 heavy (non-hydrogen) atoms. The fourth-order valence-electron chi connectivity index (χ4n) is 0.115. The van der Waals surface area contributed by atoms with Gasteiger partial charge in [0.2, 0.25) is 3.79 Å². The number of halogens is 3. The fraction of sp³-hybridized carbons (Fsp3) is 1.00. The van der Waals surface area contributed by atoms with Gasteiger partial charge >= 0.3 is 0 Å². The van der Waals surface area contributed by atoms with Crippen LogP contribution in [0.15, 0.2) is 0 Å². The van der Waals surface area contributed by atoms with E-state index in [9.17, 15) is 8.76 Å². The highest BCUT2D eigenvalue weighted by atomic mass is 35.6. The van der Waals surface area contributed by atoms with Crippen molar-refractivity contribution in [3.05, 3.63) is 0 Å². The predicted octanol–water partition coefficient (Wildman–Crippen LogP) is 1.17. The van der Waals surface area contributed by atoms with Crippen molar-refractivity contribution in [3.8, 4) is 0 Å². The van der Waals surface area contributed by atoms with Crippen LogP contribution in [0.1, 0.15) is 0 Å². The number of rotatable bonds is 2. The van der Waals surface area contributed by atoms with Gasteiger partial charge in [0, 0.05) is 0 Å². The van der Waals surface area contributed by atoms with Crippen LogP contribution in [0, 0.1) is 0 Å². The molecule has 0 bridgehead atoms. The monoisotopic (exact) mass is 211 g/mol. The number of alkyl halides is 3. The highest BCUT2D eigenvalue weighted by Crippen LogP contribution is 2.25. The maximum absolute atomic E-state index is 9.65. The molecule has 0 N–H and O–H groups in total. The van der Waals surface area contributed by atoms with Gasteiger partial charge in [0.15, 0.2) is 0 Å². The van der Waals surface area contributed by atoms with Gasteiger partial charge in [-0.25, -0.2) is 4.21 Å². The summed E-state index contributed by atoms with van der Waals surface area (Å²) in [6.07, 6.45) is 0. The van der Waals surface area contributed by atoms with Gasteiger partial charge < -0.3 is 4.55 Å². The molecule has 3 nitrogen and oxygen atoms in total. The van der Waals surface area contributed by atoms with Crippen molar-refractivity contribution < 1.29 is 12.9 Å². The molecule has 0 aliphatic carbocycles. The zero-order valence-corrected chi connectivity index (χ0v) is 7.06. The number of hydrogen-bond donors (Lipinski definition) is 0. The van der Waals surface area contributed by atoms with Crippen LogP contribution in [0.5, 0.6) is 0 Å². The summed E-state index contributed by atoms with van der Waals surface area (Å²) in [6, 6.07) is 0. The third-order valence-electron chi connectivity index (χ3n) is 0.319. The minimum atomic E-state index is -2.62. The Bertz CT molecular complexity index is 110. The third kappa shape index (κ3) is 8.94. The Morgan fingerprint density at radius 3 is 2.11 bits per heavy atom. The Hall–Kier alpha value is 0.940. The van der Waals surface area contributed by atoms with Crippen molar-refractivity contribution in [2.45, 2.75) is 3.79 Å². The van der Waals surface area contributed by atoms with Gasteiger partial charge in [0.25, 0.3) is 0 Å². The topological polar surface area (TPSA) is 49.4 Å². The third-order valence-corrected chi connectivity index (χ3v) is 0.956. The molecule has 0 rings (SSSR count). The van der Waals surface area contributed by atoms with E-state index in [1.165, 1.54) is 0 Å². The van der Waals surface area contributed by atoms with E-state index < -0.39 is 21.8 Å². The molecule has 0 heterocycles. The fourth-order valence-corrected chi connectivity index (χ4v) is 0.746. The van der Waals surface area contributed by atoms with E-state index in [2.05, 4.69) is 4.18 Å². The van der Waals surface area contributed by atoms with Gasteiger partial charge in [-0.05, 0) is 0 Å². The smallest absolute Gasteiger partial charge is 0.214 e. The lowest BCUT2D eigenvalue weighted by molar-refractivity contribution is 0.307. The van der Waals surface area contributed by atoms with Gasteiger partial charge in [-0.15, -0.1) is 0 Å². The van der Waals surface area contributed by atoms with E-state index in [0.29, 0.717) is 0 Å². The maximum Gasteiger partial charge on any atom is 0.214 e. The second-order valence-corrected chi connectivity index (χ2v) is 4.24. The molecule has 0 aliphatic heterocycles. The van der Waals surface area contributed by atoms with E-state index in [-0.39, 0.29) is 0 Å². The van der Waals surface area contributed by atoms with Crippen LogP contribution in [0.4, 0.5) is 0 Å². The molecule has 0 amide bonds. The standard InChI is InChI=1S/C2H3Cl3O3S/c3-2(4,5)1-8-9(6)7/h1H2,(H,6,7)/p-1. The lowest BCUT2D eigenvalue weighted by Crippen LogP contribution is -2.13. The second kappa shape index (κ2) is 3.95. The first-order valence-corrected chi connectivity index (χ1v) is 3.84. The largest absolute Gasteiger partial charge is 0.750 e. The molecule has 0 radical (unpaired) electrons. The van der Waals surface area contributed by atoms with Crippen molar-refractivity contribution in [3.63, 3.8) is 0 Å². The van der Waals surface area contributed by atoms with E-state index in [4.69, 9.17) is 34.8 Å². The molecular weight excluding hydrogens is 210 g/mol. The van der Waals surface area contributed by atoms with E-state index in [0.717, 1.165) is 0 Å².